The largest absolute Gasteiger partial charge is 0.338 e. The minimum absolute atomic E-state index is 0.0876. The Bertz CT molecular complexity index is 1040. The Balaban J connectivity index is 1.27. The van der Waals surface area contributed by atoms with Crippen LogP contribution in [0.4, 0.5) is 0 Å². The normalized spacial score (nSPS) is 23.8. The number of fused-ring (bicyclic) bond motifs is 4. The van der Waals surface area contributed by atoms with Gasteiger partial charge in [-0.2, -0.15) is 0 Å². The van der Waals surface area contributed by atoms with E-state index < -0.39 is 0 Å². The van der Waals surface area contributed by atoms with Gasteiger partial charge in [0.1, 0.15) is 5.56 Å². The van der Waals surface area contributed by atoms with Gasteiger partial charge in [-0.1, -0.05) is 6.07 Å². The fraction of sp³-hybridized carbons (Fsp3) is 0.522. The first-order valence-electron chi connectivity index (χ1n) is 11.0. The number of pyridine rings is 2. The SMILES string of the molecule is O=C(c1ccc2n(c1=O)C[C@@H]1CNC[C@H]2C1)N1CCC(Cc2ccc(=O)[nH]c2)CC1. The van der Waals surface area contributed by atoms with Crippen LogP contribution < -0.4 is 16.4 Å². The zero-order valence-electron chi connectivity index (χ0n) is 17.1. The van der Waals surface area contributed by atoms with Crippen molar-refractivity contribution >= 4 is 5.91 Å². The van der Waals surface area contributed by atoms with Crippen molar-refractivity contribution in [2.45, 2.75) is 38.1 Å². The second-order valence-electron chi connectivity index (χ2n) is 9.05. The molecule has 2 bridgehead atoms. The van der Waals surface area contributed by atoms with Gasteiger partial charge in [0.25, 0.3) is 11.5 Å². The number of hydrogen-bond acceptors (Lipinski definition) is 4. The highest BCUT2D eigenvalue weighted by molar-refractivity contribution is 5.94. The number of rotatable bonds is 3. The molecular formula is C23H28N4O3. The predicted octanol–water partition coefficient (Wildman–Crippen LogP) is 1.34. The highest BCUT2D eigenvalue weighted by atomic mass is 16.2. The Labute approximate surface area is 175 Å². The van der Waals surface area contributed by atoms with Gasteiger partial charge in [0.2, 0.25) is 5.56 Å². The number of nitrogens with one attached hydrogen (secondary N) is 2. The molecule has 0 radical (unpaired) electrons. The topological polar surface area (TPSA) is 87.2 Å². The van der Waals surface area contributed by atoms with Crippen molar-refractivity contribution in [3.63, 3.8) is 0 Å². The number of carbonyl (C=O) groups is 1. The average Bonchev–Trinajstić information content (AvgIpc) is 2.76. The molecule has 2 fully saturated rings. The lowest BCUT2D eigenvalue weighted by atomic mass is 9.84. The van der Waals surface area contributed by atoms with Crippen LogP contribution in [0.3, 0.4) is 0 Å². The van der Waals surface area contributed by atoms with Crippen molar-refractivity contribution in [2.75, 3.05) is 26.2 Å². The molecule has 2 aromatic heterocycles. The molecule has 2 saturated heterocycles. The highest BCUT2D eigenvalue weighted by Gasteiger charge is 2.33. The Morgan fingerprint density at radius 1 is 1.07 bits per heavy atom. The van der Waals surface area contributed by atoms with Crippen molar-refractivity contribution < 1.29 is 4.79 Å². The van der Waals surface area contributed by atoms with Crippen molar-refractivity contribution in [1.29, 1.82) is 0 Å². The molecule has 2 N–H and O–H groups in total. The van der Waals surface area contributed by atoms with E-state index >= 15 is 0 Å². The van der Waals surface area contributed by atoms with Crippen LogP contribution in [0, 0.1) is 11.8 Å². The number of piperidine rings is 2. The van der Waals surface area contributed by atoms with Crippen LogP contribution in [-0.2, 0) is 13.0 Å². The molecule has 0 saturated carbocycles. The second kappa shape index (κ2) is 7.87. The lowest BCUT2D eigenvalue weighted by Gasteiger charge is -2.38. The van der Waals surface area contributed by atoms with Crippen molar-refractivity contribution in [2.24, 2.45) is 11.8 Å². The van der Waals surface area contributed by atoms with Crippen LogP contribution >= 0.6 is 0 Å². The summed E-state index contributed by atoms with van der Waals surface area (Å²) in [4.78, 5) is 42.0. The van der Waals surface area contributed by atoms with E-state index in [9.17, 15) is 14.4 Å². The van der Waals surface area contributed by atoms with Crippen LogP contribution in [0.15, 0.2) is 40.1 Å². The van der Waals surface area contributed by atoms with E-state index in [0.717, 1.165) is 50.0 Å². The lowest BCUT2D eigenvalue weighted by Crippen LogP contribution is -2.47. The van der Waals surface area contributed by atoms with Gasteiger partial charge >= 0.3 is 0 Å². The number of aromatic nitrogens is 2. The molecule has 0 aromatic carbocycles. The molecule has 5 rings (SSSR count). The maximum absolute atomic E-state index is 13.1. The van der Waals surface area contributed by atoms with E-state index in [1.807, 2.05) is 21.6 Å². The Morgan fingerprint density at radius 3 is 2.67 bits per heavy atom. The average molecular weight is 409 g/mol. The molecule has 0 aliphatic carbocycles. The van der Waals surface area contributed by atoms with Gasteiger partial charge in [-0.15, -0.1) is 0 Å². The molecule has 7 nitrogen and oxygen atoms in total. The van der Waals surface area contributed by atoms with Crippen molar-refractivity contribution in [3.8, 4) is 0 Å². The zero-order valence-corrected chi connectivity index (χ0v) is 17.1. The maximum atomic E-state index is 13.1. The molecule has 1 amide bonds. The van der Waals surface area contributed by atoms with Gasteiger partial charge in [0.05, 0.1) is 0 Å². The molecule has 3 aliphatic rings. The summed E-state index contributed by atoms with van der Waals surface area (Å²) >= 11 is 0. The van der Waals surface area contributed by atoms with Gasteiger partial charge in [-0.3, -0.25) is 14.4 Å². The summed E-state index contributed by atoms with van der Waals surface area (Å²) in [6, 6.07) is 7.17. The van der Waals surface area contributed by atoms with Crippen LogP contribution in [0.2, 0.25) is 0 Å². The van der Waals surface area contributed by atoms with Crippen LogP contribution in [-0.4, -0.2) is 46.5 Å². The number of hydrogen-bond donors (Lipinski definition) is 2. The molecule has 3 aliphatic heterocycles. The molecule has 0 spiro atoms. The summed E-state index contributed by atoms with van der Waals surface area (Å²) < 4.78 is 1.86. The van der Waals surface area contributed by atoms with Gasteiger partial charge in [-0.05, 0) is 61.8 Å². The molecule has 2 atom stereocenters. The third-order valence-electron chi connectivity index (χ3n) is 7.01. The number of aromatic amines is 1. The number of H-pyrrole nitrogens is 1. The van der Waals surface area contributed by atoms with E-state index in [4.69, 9.17) is 0 Å². The van der Waals surface area contributed by atoms with E-state index in [1.165, 1.54) is 0 Å². The zero-order chi connectivity index (χ0) is 20.7. The molecular weight excluding hydrogens is 380 g/mol. The summed E-state index contributed by atoms with van der Waals surface area (Å²) in [5.41, 5.74) is 2.29. The van der Waals surface area contributed by atoms with Crippen LogP contribution in [0.1, 0.15) is 46.8 Å². The summed E-state index contributed by atoms with van der Waals surface area (Å²) in [5.74, 6) is 1.20. The summed E-state index contributed by atoms with van der Waals surface area (Å²) in [5, 5.41) is 3.45. The lowest BCUT2D eigenvalue weighted by molar-refractivity contribution is 0.0687. The Morgan fingerprint density at radius 2 is 1.90 bits per heavy atom. The van der Waals surface area contributed by atoms with Crippen LogP contribution in [0.5, 0.6) is 0 Å². The first kappa shape index (κ1) is 19.3. The fourth-order valence-electron chi connectivity index (χ4n) is 5.37. The summed E-state index contributed by atoms with van der Waals surface area (Å²) in [6.45, 7) is 3.90. The highest BCUT2D eigenvalue weighted by Crippen LogP contribution is 2.32. The molecule has 0 unspecified atom stereocenters. The standard InChI is InChI=1S/C23H28N4O3/c28-21-4-1-16(12-25-21)9-15-5-7-26(8-6-15)22(29)19-2-3-20-18-10-17(11-24-13-18)14-27(20)23(19)30/h1-4,12,15,17-18,24H,5-11,13-14H2,(H,25,28)/t17-,18+/m0/s1. The molecule has 158 valence electrons. The second-order valence-corrected chi connectivity index (χ2v) is 9.05. The van der Waals surface area contributed by atoms with Crippen molar-refractivity contribution in [3.05, 3.63) is 68.0 Å². The Hall–Kier alpha value is -2.67. The van der Waals surface area contributed by atoms with E-state index in [0.29, 0.717) is 43.0 Å². The Kier molecular flexibility index (Phi) is 5.06. The predicted molar refractivity (Wildman–Crippen MR) is 114 cm³/mol. The van der Waals surface area contributed by atoms with Crippen molar-refractivity contribution in [1.82, 2.24) is 19.8 Å². The van der Waals surface area contributed by atoms with Gasteiger partial charge in [-0.25, -0.2) is 0 Å². The minimum atomic E-state index is -0.133. The van der Waals surface area contributed by atoms with E-state index in [-0.39, 0.29) is 17.0 Å². The quantitative estimate of drug-likeness (QED) is 0.802. The van der Waals surface area contributed by atoms with Gasteiger partial charge in [0, 0.05) is 50.1 Å². The van der Waals surface area contributed by atoms with Gasteiger partial charge in [0.15, 0.2) is 0 Å². The molecule has 30 heavy (non-hydrogen) atoms. The minimum Gasteiger partial charge on any atom is -0.338 e. The molecule has 7 heteroatoms. The number of carbonyl (C=O) groups excluding carboxylic acids is 1. The third-order valence-corrected chi connectivity index (χ3v) is 7.01. The summed E-state index contributed by atoms with van der Waals surface area (Å²) in [6.07, 6.45) is 5.62. The van der Waals surface area contributed by atoms with E-state index in [2.05, 4.69) is 10.3 Å². The first-order valence-corrected chi connectivity index (χ1v) is 11.0. The van der Waals surface area contributed by atoms with Crippen LogP contribution in [0.25, 0.3) is 0 Å². The third kappa shape index (κ3) is 3.62. The first-order chi connectivity index (χ1) is 14.6. The summed E-state index contributed by atoms with van der Waals surface area (Å²) in [7, 11) is 0. The smallest absolute Gasteiger partial charge is 0.263 e. The number of likely N-dealkylation sites (tertiary alicyclic amines) is 1. The van der Waals surface area contributed by atoms with E-state index in [1.54, 1.807) is 18.3 Å². The monoisotopic (exact) mass is 408 g/mol. The van der Waals surface area contributed by atoms with Gasteiger partial charge < -0.3 is 19.8 Å². The number of nitrogens with zero attached hydrogens (tertiary/aromatic N) is 2. The molecule has 2 aromatic rings. The maximum Gasteiger partial charge on any atom is 0.263 e. The molecule has 5 heterocycles. The number of amides is 1. The fourth-order valence-corrected chi connectivity index (χ4v) is 5.37.